The average Bonchev–Trinajstić information content (AvgIpc) is 2.76. The zero-order valence-corrected chi connectivity index (χ0v) is 10.2. The second-order valence-electron chi connectivity index (χ2n) is 5.29. The molecule has 1 aliphatic carbocycles. The Balaban J connectivity index is 1.75. The molecule has 0 amide bonds. The van der Waals surface area contributed by atoms with E-state index >= 15 is 0 Å². The first kappa shape index (κ1) is 10.6. The van der Waals surface area contributed by atoms with Crippen molar-refractivity contribution in [3.05, 3.63) is 24.4 Å². The molecule has 1 aliphatic rings. The van der Waals surface area contributed by atoms with Gasteiger partial charge in [0.1, 0.15) is 0 Å². The molecule has 90 valence electrons. The van der Waals surface area contributed by atoms with Crippen molar-refractivity contribution in [2.24, 2.45) is 5.92 Å². The van der Waals surface area contributed by atoms with Gasteiger partial charge in [0.25, 0.3) is 0 Å². The number of nitrogens with one attached hydrogen (secondary N) is 2. The molecule has 3 heteroatoms. The van der Waals surface area contributed by atoms with Gasteiger partial charge in [0.05, 0.1) is 11.7 Å². The molecule has 1 heterocycles. The minimum atomic E-state index is 0.642. The van der Waals surface area contributed by atoms with Gasteiger partial charge in [0.2, 0.25) is 0 Å². The lowest BCUT2D eigenvalue weighted by molar-refractivity contribution is 0.358. The quantitative estimate of drug-likeness (QED) is 0.826. The Morgan fingerprint density at radius 3 is 3.18 bits per heavy atom. The number of anilines is 1. The van der Waals surface area contributed by atoms with E-state index in [0.29, 0.717) is 6.04 Å². The van der Waals surface area contributed by atoms with Crippen LogP contribution in [0.5, 0.6) is 0 Å². The van der Waals surface area contributed by atoms with E-state index in [1.807, 2.05) is 6.20 Å². The molecule has 2 atom stereocenters. The van der Waals surface area contributed by atoms with Crippen LogP contribution in [0, 0.1) is 5.92 Å². The topological polar surface area (TPSA) is 40.7 Å². The summed E-state index contributed by atoms with van der Waals surface area (Å²) in [4.78, 5) is 0. The van der Waals surface area contributed by atoms with Crippen molar-refractivity contribution in [2.75, 3.05) is 5.32 Å². The van der Waals surface area contributed by atoms with E-state index in [1.165, 1.54) is 36.8 Å². The van der Waals surface area contributed by atoms with Crippen molar-refractivity contribution < 1.29 is 0 Å². The van der Waals surface area contributed by atoms with Gasteiger partial charge in [-0.2, -0.15) is 5.10 Å². The minimum absolute atomic E-state index is 0.642. The number of nitrogens with zero attached hydrogens (tertiary/aromatic N) is 1. The molecular formula is C14H19N3. The van der Waals surface area contributed by atoms with Crippen LogP contribution in [0.2, 0.25) is 0 Å². The third-order valence-corrected chi connectivity index (χ3v) is 3.75. The van der Waals surface area contributed by atoms with Crippen LogP contribution < -0.4 is 5.32 Å². The van der Waals surface area contributed by atoms with E-state index in [-0.39, 0.29) is 0 Å². The van der Waals surface area contributed by atoms with E-state index in [4.69, 9.17) is 0 Å². The van der Waals surface area contributed by atoms with Gasteiger partial charge in [0.15, 0.2) is 0 Å². The number of aromatic amines is 1. The zero-order chi connectivity index (χ0) is 11.7. The van der Waals surface area contributed by atoms with E-state index < -0.39 is 0 Å². The van der Waals surface area contributed by atoms with E-state index in [9.17, 15) is 0 Å². The molecule has 0 spiro atoms. The molecule has 1 fully saturated rings. The van der Waals surface area contributed by atoms with Crippen molar-refractivity contribution in [3.63, 3.8) is 0 Å². The first-order valence-electron chi connectivity index (χ1n) is 6.51. The number of hydrogen-bond acceptors (Lipinski definition) is 2. The predicted octanol–water partition coefficient (Wildman–Crippen LogP) is 3.55. The molecule has 2 N–H and O–H groups in total. The van der Waals surface area contributed by atoms with Gasteiger partial charge in [-0.15, -0.1) is 0 Å². The smallest absolute Gasteiger partial charge is 0.0651 e. The van der Waals surface area contributed by atoms with E-state index in [1.54, 1.807) is 0 Å². The lowest BCUT2D eigenvalue weighted by atomic mass is 9.87. The summed E-state index contributed by atoms with van der Waals surface area (Å²) in [5, 5.41) is 11.9. The van der Waals surface area contributed by atoms with Crippen LogP contribution in [0.15, 0.2) is 24.4 Å². The highest BCUT2D eigenvalue weighted by atomic mass is 15.1. The normalized spacial score (nSPS) is 25.0. The number of rotatable bonds is 2. The Labute approximate surface area is 102 Å². The largest absolute Gasteiger partial charge is 0.382 e. The Morgan fingerprint density at radius 1 is 1.35 bits per heavy atom. The van der Waals surface area contributed by atoms with Crippen molar-refractivity contribution in [3.8, 4) is 0 Å². The highest BCUT2D eigenvalue weighted by molar-refractivity contribution is 5.81. The molecule has 2 aromatic rings. The van der Waals surface area contributed by atoms with Crippen LogP contribution >= 0.6 is 0 Å². The molecule has 0 radical (unpaired) electrons. The average molecular weight is 229 g/mol. The lowest BCUT2D eigenvalue weighted by Gasteiger charge is -2.28. The fourth-order valence-electron chi connectivity index (χ4n) is 2.83. The summed E-state index contributed by atoms with van der Waals surface area (Å²) >= 11 is 0. The Bertz CT molecular complexity index is 503. The summed E-state index contributed by atoms with van der Waals surface area (Å²) in [6.45, 7) is 2.35. The van der Waals surface area contributed by atoms with Crippen molar-refractivity contribution in [2.45, 2.75) is 38.6 Å². The standard InChI is InChI=1S/C14H19N3/c1-10-3-2-4-12(7-10)16-13-5-6-14-11(8-13)9-15-17-14/h5-6,8-10,12,16H,2-4,7H2,1H3,(H,15,17). The van der Waals surface area contributed by atoms with Crippen LogP contribution in [0.4, 0.5) is 5.69 Å². The first-order chi connectivity index (χ1) is 8.31. The maximum Gasteiger partial charge on any atom is 0.0651 e. The van der Waals surface area contributed by atoms with Gasteiger partial charge in [-0.05, 0) is 37.0 Å². The summed E-state index contributed by atoms with van der Waals surface area (Å²) in [6.07, 6.45) is 7.22. The summed E-state index contributed by atoms with van der Waals surface area (Å²) in [5.74, 6) is 0.860. The Morgan fingerprint density at radius 2 is 2.29 bits per heavy atom. The number of H-pyrrole nitrogens is 1. The van der Waals surface area contributed by atoms with Crippen LogP contribution in [0.25, 0.3) is 10.9 Å². The molecule has 0 aliphatic heterocycles. The van der Waals surface area contributed by atoms with Crippen LogP contribution in [-0.4, -0.2) is 16.2 Å². The summed E-state index contributed by atoms with van der Waals surface area (Å²) in [6, 6.07) is 7.05. The summed E-state index contributed by atoms with van der Waals surface area (Å²) < 4.78 is 0. The molecule has 3 rings (SSSR count). The molecule has 0 saturated heterocycles. The molecule has 1 aromatic carbocycles. The van der Waals surface area contributed by atoms with Gasteiger partial charge in [0, 0.05) is 17.1 Å². The van der Waals surface area contributed by atoms with Crippen molar-refractivity contribution >= 4 is 16.6 Å². The summed E-state index contributed by atoms with van der Waals surface area (Å²) in [7, 11) is 0. The van der Waals surface area contributed by atoms with Crippen LogP contribution in [0.1, 0.15) is 32.6 Å². The fourth-order valence-corrected chi connectivity index (χ4v) is 2.83. The third-order valence-electron chi connectivity index (χ3n) is 3.75. The number of aromatic nitrogens is 2. The van der Waals surface area contributed by atoms with Crippen molar-refractivity contribution in [1.82, 2.24) is 10.2 Å². The molecular weight excluding hydrogens is 210 g/mol. The third kappa shape index (κ3) is 2.28. The number of fused-ring (bicyclic) bond motifs is 1. The molecule has 1 aromatic heterocycles. The number of hydrogen-bond donors (Lipinski definition) is 2. The second-order valence-corrected chi connectivity index (χ2v) is 5.29. The fraction of sp³-hybridized carbons (Fsp3) is 0.500. The maximum atomic E-state index is 4.05. The van der Waals surface area contributed by atoms with Crippen molar-refractivity contribution in [1.29, 1.82) is 0 Å². The molecule has 1 saturated carbocycles. The Hall–Kier alpha value is -1.51. The summed E-state index contributed by atoms with van der Waals surface area (Å²) in [5.41, 5.74) is 2.32. The SMILES string of the molecule is CC1CCCC(Nc2ccc3[nH]ncc3c2)C1. The van der Waals surface area contributed by atoms with Gasteiger partial charge in [-0.1, -0.05) is 19.8 Å². The first-order valence-corrected chi connectivity index (χ1v) is 6.51. The monoisotopic (exact) mass is 229 g/mol. The van der Waals surface area contributed by atoms with E-state index in [2.05, 4.69) is 40.6 Å². The molecule has 0 bridgehead atoms. The number of benzene rings is 1. The molecule has 2 unspecified atom stereocenters. The van der Waals surface area contributed by atoms with Gasteiger partial charge >= 0.3 is 0 Å². The molecule has 17 heavy (non-hydrogen) atoms. The zero-order valence-electron chi connectivity index (χ0n) is 10.2. The van der Waals surface area contributed by atoms with Gasteiger partial charge < -0.3 is 5.32 Å². The van der Waals surface area contributed by atoms with Gasteiger partial charge in [-0.3, -0.25) is 5.10 Å². The van der Waals surface area contributed by atoms with Crippen LogP contribution in [0.3, 0.4) is 0 Å². The highest BCUT2D eigenvalue weighted by Gasteiger charge is 2.18. The van der Waals surface area contributed by atoms with Gasteiger partial charge in [-0.25, -0.2) is 0 Å². The predicted molar refractivity (Wildman–Crippen MR) is 71.1 cm³/mol. The minimum Gasteiger partial charge on any atom is -0.382 e. The lowest BCUT2D eigenvalue weighted by Crippen LogP contribution is -2.26. The second kappa shape index (κ2) is 4.40. The van der Waals surface area contributed by atoms with Crippen LogP contribution in [-0.2, 0) is 0 Å². The van der Waals surface area contributed by atoms with E-state index in [0.717, 1.165) is 11.4 Å². The Kier molecular flexibility index (Phi) is 2.75. The maximum absolute atomic E-state index is 4.05. The molecule has 3 nitrogen and oxygen atoms in total. The highest BCUT2D eigenvalue weighted by Crippen LogP contribution is 2.27.